The molecule has 0 radical (unpaired) electrons. The van der Waals surface area contributed by atoms with Crippen LogP contribution in [0, 0.1) is 5.82 Å². The maximum absolute atomic E-state index is 12.6. The van der Waals surface area contributed by atoms with Crippen LogP contribution in [0.1, 0.15) is 16.8 Å². The highest BCUT2D eigenvalue weighted by Gasteiger charge is 2.06. The second kappa shape index (κ2) is 6.23. The zero-order valence-electron chi connectivity index (χ0n) is 9.63. The van der Waals surface area contributed by atoms with Gasteiger partial charge in [-0.2, -0.15) is 0 Å². The molecule has 3 nitrogen and oxygen atoms in total. The van der Waals surface area contributed by atoms with Gasteiger partial charge in [-0.05, 0) is 24.3 Å². The third-order valence-corrected chi connectivity index (χ3v) is 2.13. The van der Waals surface area contributed by atoms with Gasteiger partial charge >= 0.3 is 5.97 Å². The van der Waals surface area contributed by atoms with Crippen LogP contribution >= 0.6 is 0 Å². The summed E-state index contributed by atoms with van der Waals surface area (Å²) in [6.07, 6.45) is 0.829. The van der Waals surface area contributed by atoms with E-state index in [9.17, 15) is 9.18 Å². The van der Waals surface area contributed by atoms with Crippen molar-refractivity contribution in [2.45, 2.75) is 6.42 Å². The summed E-state index contributed by atoms with van der Waals surface area (Å²) in [6, 6.07) is 5.35. The quantitative estimate of drug-likeness (QED) is 0.586. The maximum Gasteiger partial charge on any atom is 0.338 e. The van der Waals surface area contributed by atoms with Crippen molar-refractivity contribution in [3.05, 3.63) is 35.6 Å². The van der Waals surface area contributed by atoms with E-state index < -0.39 is 5.97 Å². The molecule has 0 fully saturated rings. The van der Waals surface area contributed by atoms with Crippen molar-refractivity contribution >= 4 is 5.97 Å². The monoisotopic (exact) mass is 226 g/mol. The van der Waals surface area contributed by atoms with Crippen molar-refractivity contribution in [2.75, 3.05) is 27.2 Å². The van der Waals surface area contributed by atoms with Crippen LogP contribution in [-0.2, 0) is 4.74 Å². The number of benzene rings is 1. The molecule has 0 heterocycles. The van der Waals surface area contributed by atoms with Crippen molar-refractivity contribution in [1.82, 2.24) is 0 Å². The largest absolute Gasteiger partial charge is 0.462 e. The third kappa shape index (κ3) is 4.40. The molecule has 0 unspecified atom stereocenters. The van der Waals surface area contributed by atoms with Gasteiger partial charge in [0.1, 0.15) is 5.82 Å². The number of ether oxygens (including phenoxy) is 1. The Morgan fingerprint density at radius 3 is 2.50 bits per heavy atom. The Labute approximate surface area is 94.8 Å². The predicted molar refractivity (Wildman–Crippen MR) is 59.0 cm³/mol. The van der Waals surface area contributed by atoms with Gasteiger partial charge in [0, 0.05) is 6.42 Å². The van der Waals surface area contributed by atoms with E-state index in [-0.39, 0.29) is 5.82 Å². The van der Waals surface area contributed by atoms with Gasteiger partial charge in [0.25, 0.3) is 0 Å². The fourth-order valence-electron chi connectivity index (χ4n) is 1.26. The summed E-state index contributed by atoms with van der Waals surface area (Å²) >= 11 is 0. The summed E-state index contributed by atoms with van der Waals surface area (Å²) in [5, 5.41) is 0. The first-order valence-electron chi connectivity index (χ1n) is 5.31. The van der Waals surface area contributed by atoms with Crippen molar-refractivity contribution in [3.63, 3.8) is 0 Å². The molecule has 0 amide bonds. The maximum atomic E-state index is 12.6. The molecule has 0 saturated heterocycles. The minimum absolute atomic E-state index is 0.354. The predicted octanol–water partition coefficient (Wildman–Crippen LogP) is 0.517. The summed E-state index contributed by atoms with van der Waals surface area (Å²) in [7, 11) is 4.09. The van der Waals surface area contributed by atoms with E-state index in [0.29, 0.717) is 12.2 Å². The van der Waals surface area contributed by atoms with Gasteiger partial charge in [-0.3, -0.25) is 0 Å². The number of halogens is 1. The molecule has 1 N–H and O–H groups in total. The summed E-state index contributed by atoms with van der Waals surface area (Å²) in [4.78, 5) is 12.8. The van der Waals surface area contributed by atoms with E-state index >= 15 is 0 Å². The lowest BCUT2D eigenvalue weighted by Gasteiger charge is -2.07. The molecule has 0 aliphatic rings. The van der Waals surface area contributed by atoms with Gasteiger partial charge in [-0.15, -0.1) is 0 Å². The summed E-state index contributed by atoms with van der Waals surface area (Å²) in [5.74, 6) is -0.749. The Morgan fingerprint density at radius 2 is 1.94 bits per heavy atom. The molecule has 0 aliphatic heterocycles. The van der Waals surface area contributed by atoms with E-state index in [4.69, 9.17) is 4.74 Å². The molecule has 0 bridgehead atoms. The first-order chi connectivity index (χ1) is 7.59. The third-order valence-electron chi connectivity index (χ3n) is 2.13. The number of carbonyl (C=O) groups is 1. The zero-order chi connectivity index (χ0) is 12.0. The first-order valence-corrected chi connectivity index (χ1v) is 5.31. The molecule has 16 heavy (non-hydrogen) atoms. The van der Waals surface area contributed by atoms with Gasteiger partial charge in [0.2, 0.25) is 0 Å². The Morgan fingerprint density at radius 1 is 1.31 bits per heavy atom. The Balaban J connectivity index is 2.32. The van der Waals surface area contributed by atoms with Crippen molar-refractivity contribution < 1.29 is 18.8 Å². The first kappa shape index (κ1) is 12.6. The molecule has 1 aromatic carbocycles. The van der Waals surface area contributed by atoms with E-state index in [1.54, 1.807) is 0 Å². The summed E-state index contributed by atoms with van der Waals surface area (Å²) < 4.78 is 17.6. The van der Waals surface area contributed by atoms with Crippen LogP contribution in [0.4, 0.5) is 4.39 Å². The molecular weight excluding hydrogens is 209 g/mol. The Bertz CT molecular complexity index is 335. The van der Waals surface area contributed by atoms with Gasteiger partial charge in [0.15, 0.2) is 0 Å². The molecule has 0 aliphatic carbocycles. The lowest BCUT2D eigenvalue weighted by molar-refractivity contribution is -0.858. The molecule has 0 atom stereocenters. The van der Waals surface area contributed by atoms with E-state index in [1.165, 1.54) is 29.2 Å². The number of hydrogen-bond donors (Lipinski definition) is 1. The summed E-state index contributed by atoms with van der Waals surface area (Å²) in [5.41, 5.74) is 0.388. The van der Waals surface area contributed by atoms with Gasteiger partial charge in [0.05, 0.1) is 32.8 Å². The van der Waals surface area contributed by atoms with E-state index in [0.717, 1.165) is 13.0 Å². The Kier molecular flexibility index (Phi) is 4.92. The average molecular weight is 226 g/mol. The number of quaternary nitrogens is 1. The highest BCUT2D eigenvalue weighted by molar-refractivity contribution is 5.89. The molecule has 0 spiro atoms. The lowest BCUT2D eigenvalue weighted by Crippen LogP contribution is -3.05. The van der Waals surface area contributed by atoms with Crippen LogP contribution in [0.2, 0.25) is 0 Å². The minimum Gasteiger partial charge on any atom is -0.462 e. The van der Waals surface area contributed by atoms with Crippen molar-refractivity contribution in [3.8, 4) is 0 Å². The number of hydrogen-bond acceptors (Lipinski definition) is 2. The molecule has 0 saturated carbocycles. The summed E-state index contributed by atoms with van der Waals surface area (Å²) in [6.45, 7) is 1.36. The number of carbonyl (C=O) groups excluding carboxylic acids is 1. The van der Waals surface area contributed by atoms with Crippen LogP contribution in [0.5, 0.6) is 0 Å². The average Bonchev–Trinajstić information content (AvgIpc) is 2.25. The fourth-order valence-corrected chi connectivity index (χ4v) is 1.26. The molecule has 0 aromatic heterocycles. The second-order valence-electron chi connectivity index (χ2n) is 3.95. The number of nitrogens with one attached hydrogen (secondary N) is 1. The van der Waals surface area contributed by atoms with Crippen LogP contribution in [-0.4, -0.2) is 33.2 Å². The molecule has 1 aromatic rings. The molecule has 1 rings (SSSR count). The fraction of sp³-hybridized carbons (Fsp3) is 0.417. The zero-order valence-corrected chi connectivity index (χ0v) is 9.63. The smallest absolute Gasteiger partial charge is 0.338 e. The van der Waals surface area contributed by atoms with Crippen LogP contribution < -0.4 is 4.90 Å². The molecule has 4 heteroatoms. The molecular formula is C12H17FNO2+. The van der Waals surface area contributed by atoms with Gasteiger partial charge < -0.3 is 9.64 Å². The lowest BCUT2D eigenvalue weighted by atomic mass is 10.2. The Hall–Kier alpha value is -1.42. The SMILES string of the molecule is C[NH+](C)CCCOC(=O)c1ccc(F)cc1. The van der Waals surface area contributed by atoms with Crippen molar-refractivity contribution in [1.29, 1.82) is 0 Å². The standard InChI is InChI=1S/C12H16FNO2/c1-14(2)8-3-9-16-12(15)10-4-6-11(13)7-5-10/h4-7H,3,8-9H2,1-2H3/p+1. The van der Waals surface area contributed by atoms with Gasteiger partial charge in [-0.1, -0.05) is 0 Å². The van der Waals surface area contributed by atoms with E-state index in [2.05, 4.69) is 0 Å². The minimum atomic E-state index is -0.395. The number of rotatable bonds is 5. The number of esters is 1. The van der Waals surface area contributed by atoms with Crippen LogP contribution in [0.25, 0.3) is 0 Å². The van der Waals surface area contributed by atoms with Crippen molar-refractivity contribution in [2.24, 2.45) is 0 Å². The highest BCUT2D eigenvalue weighted by Crippen LogP contribution is 2.04. The topological polar surface area (TPSA) is 30.7 Å². The van der Waals surface area contributed by atoms with Crippen LogP contribution in [0.15, 0.2) is 24.3 Å². The highest BCUT2D eigenvalue weighted by atomic mass is 19.1. The second-order valence-corrected chi connectivity index (χ2v) is 3.95. The normalized spacial score (nSPS) is 10.5. The van der Waals surface area contributed by atoms with E-state index in [1.807, 2.05) is 14.1 Å². The van der Waals surface area contributed by atoms with Crippen LogP contribution in [0.3, 0.4) is 0 Å². The molecule has 88 valence electrons. The van der Waals surface area contributed by atoms with Gasteiger partial charge in [-0.25, -0.2) is 9.18 Å².